The summed E-state index contributed by atoms with van der Waals surface area (Å²) in [5.41, 5.74) is 1.93. The van der Waals surface area contributed by atoms with Crippen LogP contribution in [0.25, 0.3) is 0 Å². The highest BCUT2D eigenvalue weighted by Crippen LogP contribution is 2.28. The Bertz CT molecular complexity index is 1320. The van der Waals surface area contributed by atoms with Gasteiger partial charge in [-0.25, -0.2) is 9.59 Å². The molecule has 4 rings (SSSR count). The van der Waals surface area contributed by atoms with E-state index in [0.717, 1.165) is 78.7 Å². The number of hydrogen-bond donors (Lipinski definition) is 1. The van der Waals surface area contributed by atoms with Crippen LogP contribution in [0.5, 0.6) is 11.5 Å². The van der Waals surface area contributed by atoms with E-state index in [0.29, 0.717) is 43.4 Å². The maximum absolute atomic E-state index is 12.1. The van der Waals surface area contributed by atoms with Crippen LogP contribution in [0.1, 0.15) is 84.3 Å². The number of benzene rings is 2. The quantitative estimate of drug-likeness (QED) is 0.258. The van der Waals surface area contributed by atoms with Crippen LogP contribution in [0, 0.1) is 37.5 Å². The minimum absolute atomic E-state index is 0.182. The molecule has 0 bridgehead atoms. The monoisotopic (exact) mass is 794 g/mol. The van der Waals surface area contributed by atoms with Gasteiger partial charge in [0.25, 0.3) is 0 Å². The van der Waals surface area contributed by atoms with E-state index in [9.17, 15) is 9.59 Å². The van der Waals surface area contributed by atoms with E-state index in [4.69, 9.17) is 19.3 Å². The van der Waals surface area contributed by atoms with Crippen LogP contribution in [0.15, 0.2) is 45.3 Å². The van der Waals surface area contributed by atoms with Gasteiger partial charge in [-0.3, -0.25) is 0 Å². The van der Waals surface area contributed by atoms with Gasteiger partial charge in [0.05, 0.1) is 13.2 Å². The van der Waals surface area contributed by atoms with E-state index in [-0.39, 0.29) is 6.09 Å². The molecule has 2 aromatic rings. The molecule has 0 aliphatic carbocycles. The van der Waals surface area contributed by atoms with Gasteiger partial charge in [0.1, 0.15) is 17.1 Å². The van der Waals surface area contributed by atoms with Crippen molar-refractivity contribution >= 4 is 44.0 Å². The predicted molar refractivity (Wildman–Crippen MR) is 199 cm³/mol. The zero-order valence-corrected chi connectivity index (χ0v) is 33.1. The third kappa shape index (κ3) is 14.2. The summed E-state index contributed by atoms with van der Waals surface area (Å²) < 4.78 is 19.5. The highest BCUT2D eigenvalue weighted by atomic mass is 79.9. The first-order chi connectivity index (χ1) is 22.6. The van der Waals surface area contributed by atoms with Gasteiger partial charge >= 0.3 is 12.2 Å². The Labute approximate surface area is 305 Å². The molecular formula is C38H56Br2N2O6. The minimum Gasteiger partial charge on any atom is -0.493 e. The van der Waals surface area contributed by atoms with Crippen molar-refractivity contribution in [3.63, 3.8) is 0 Å². The van der Waals surface area contributed by atoms with Gasteiger partial charge in [-0.2, -0.15) is 0 Å². The molecule has 0 aromatic heterocycles. The average Bonchev–Trinajstić information content (AvgIpc) is 3.02. The number of ether oxygens (including phenoxy) is 3. The van der Waals surface area contributed by atoms with Gasteiger partial charge in [0.2, 0.25) is 0 Å². The number of carbonyl (C=O) groups excluding carboxylic acids is 1. The fourth-order valence-corrected chi connectivity index (χ4v) is 6.70. The van der Waals surface area contributed by atoms with Gasteiger partial charge in [-0.1, -0.05) is 45.7 Å². The van der Waals surface area contributed by atoms with Crippen molar-refractivity contribution in [3.05, 3.63) is 56.5 Å². The largest absolute Gasteiger partial charge is 0.493 e. The molecule has 0 saturated carbocycles. The van der Waals surface area contributed by atoms with E-state index in [1.54, 1.807) is 0 Å². The lowest BCUT2D eigenvalue weighted by Crippen LogP contribution is -2.42. The van der Waals surface area contributed by atoms with Crippen molar-refractivity contribution < 1.29 is 28.9 Å². The van der Waals surface area contributed by atoms with Gasteiger partial charge < -0.3 is 29.1 Å². The van der Waals surface area contributed by atoms with Gasteiger partial charge in [0, 0.05) is 35.1 Å². The van der Waals surface area contributed by atoms with Crippen LogP contribution in [0.4, 0.5) is 9.59 Å². The molecule has 48 heavy (non-hydrogen) atoms. The third-order valence-corrected chi connectivity index (χ3v) is 10.7. The smallest absolute Gasteiger partial charge is 0.410 e. The third-order valence-electron chi connectivity index (χ3n) is 8.95. The van der Waals surface area contributed by atoms with Crippen molar-refractivity contribution in [2.24, 2.45) is 23.7 Å². The Balaban J connectivity index is 0.000000264. The molecule has 2 fully saturated rings. The van der Waals surface area contributed by atoms with Crippen LogP contribution in [-0.2, 0) is 4.74 Å². The lowest BCUT2D eigenvalue weighted by molar-refractivity contribution is 0.0173. The molecule has 2 aromatic carbocycles. The Morgan fingerprint density at radius 1 is 0.771 bits per heavy atom. The fraction of sp³-hybridized carbons (Fsp3) is 0.632. The maximum Gasteiger partial charge on any atom is 0.410 e. The Kier molecular flexibility index (Phi) is 15.9. The lowest BCUT2D eigenvalue weighted by atomic mass is 9.88. The van der Waals surface area contributed by atoms with Crippen molar-refractivity contribution in [1.29, 1.82) is 0 Å². The maximum atomic E-state index is 12.1. The molecular weight excluding hydrogens is 740 g/mol. The molecule has 1 N–H and O–H groups in total. The first-order valence-corrected chi connectivity index (χ1v) is 18.9. The number of carbonyl (C=O) groups is 2. The van der Waals surface area contributed by atoms with Crippen LogP contribution in [0.2, 0.25) is 0 Å². The normalized spacial score (nSPS) is 17.2. The Hall–Kier alpha value is -2.46. The second-order valence-corrected chi connectivity index (χ2v) is 16.5. The topological polar surface area (TPSA) is 88.5 Å². The fourth-order valence-electron chi connectivity index (χ4n) is 6.20. The zero-order chi connectivity index (χ0) is 35.4. The van der Waals surface area contributed by atoms with Crippen molar-refractivity contribution in [2.75, 3.05) is 39.4 Å². The van der Waals surface area contributed by atoms with Crippen LogP contribution in [-0.4, -0.2) is 72.1 Å². The number of carboxylic acid groups (broad SMARTS) is 1. The summed E-state index contributed by atoms with van der Waals surface area (Å²) >= 11 is 7.00. The first-order valence-electron chi connectivity index (χ1n) is 17.3. The molecule has 0 radical (unpaired) electrons. The molecule has 2 aliphatic heterocycles. The van der Waals surface area contributed by atoms with Crippen molar-refractivity contribution in [1.82, 2.24) is 9.80 Å². The second kappa shape index (κ2) is 19.1. The number of rotatable bonds is 10. The molecule has 0 spiro atoms. The molecule has 2 aliphatic rings. The number of halogens is 2. The zero-order valence-electron chi connectivity index (χ0n) is 29.9. The molecule has 268 valence electrons. The molecule has 2 saturated heterocycles. The van der Waals surface area contributed by atoms with Crippen molar-refractivity contribution in [2.45, 2.75) is 92.6 Å². The van der Waals surface area contributed by atoms with Gasteiger partial charge in [0.15, 0.2) is 0 Å². The number of amides is 2. The molecule has 10 heteroatoms. The molecule has 2 atom stereocenters. The van der Waals surface area contributed by atoms with E-state index < -0.39 is 11.7 Å². The SMILES string of the molecule is Cc1cc(OCC(C)CC2CCN(C(=O)O)CC2)ccc1Br.Cc1cc(OCC(C)CC2CCN(C(=O)OC(C)(C)C)CC2)ccc1Br. The summed E-state index contributed by atoms with van der Waals surface area (Å²) in [6.45, 7) is 18.6. The van der Waals surface area contributed by atoms with E-state index in [2.05, 4.69) is 65.6 Å². The van der Waals surface area contributed by atoms with Crippen LogP contribution >= 0.6 is 31.9 Å². The molecule has 2 heterocycles. The number of hydrogen-bond acceptors (Lipinski definition) is 5. The van der Waals surface area contributed by atoms with Gasteiger partial charge in [-0.05, 0) is 144 Å². The van der Waals surface area contributed by atoms with Crippen LogP contribution in [0.3, 0.4) is 0 Å². The summed E-state index contributed by atoms with van der Waals surface area (Å²) in [5.74, 6) is 4.08. The summed E-state index contributed by atoms with van der Waals surface area (Å²) in [5, 5.41) is 8.96. The minimum atomic E-state index is -0.791. The number of nitrogens with zero attached hydrogens (tertiary/aromatic N) is 2. The van der Waals surface area contributed by atoms with E-state index >= 15 is 0 Å². The Morgan fingerprint density at radius 2 is 1.17 bits per heavy atom. The second-order valence-electron chi connectivity index (χ2n) is 14.7. The standard InChI is InChI=1S/C21H32BrNO3.C17H24BrNO3/c1-15(14-25-18-6-7-19(22)16(2)13-18)12-17-8-10-23(11-9-17)20(24)26-21(3,4)5;1-12(9-14-5-7-19(8-6-14)17(20)21)11-22-15-3-4-16(18)13(2)10-15/h6-7,13,15,17H,8-12,14H2,1-5H3;3-4,10,12,14H,5-9,11H2,1-2H3,(H,20,21). The lowest BCUT2D eigenvalue weighted by Gasteiger charge is -2.34. The summed E-state index contributed by atoms with van der Waals surface area (Å²) in [6.07, 6.45) is 5.28. The van der Waals surface area contributed by atoms with Gasteiger partial charge in [-0.15, -0.1) is 0 Å². The number of piperidine rings is 2. The number of likely N-dealkylation sites (tertiary alicyclic amines) is 2. The van der Waals surface area contributed by atoms with Crippen LogP contribution < -0.4 is 9.47 Å². The summed E-state index contributed by atoms with van der Waals surface area (Å²) in [6, 6.07) is 12.1. The average molecular weight is 797 g/mol. The molecule has 8 nitrogen and oxygen atoms in total. The summed E-state index contributed by atoms with van der Waals surface area (Å²) in [4.78, 5) is 26.4. The number of aryl methyl sites for hydroxylation is 2. The van der Waals surface area contributed by atoms with Crippen molar-refractivity contribution in [3.8, 4) is 11.5 Å². The molecule has 2 unspecified atom stereocenters. The highest BCUT2D eigenvalue weighted by molar-refractivity contribution is 9.10. The highest BCUT2D eigenvalue weighted by Gasteiger charge is 2.28. The Morgan fingerprint density at radius 3 is 1.52 bits per heavy atom. The van der Waals surface area contributed by atoms with E-state index in [1.807, 2.05) is 56.0 Å². The summed E-state index contributed by atoms with van der Waals surface area (Å²) in [7, 11) is 0. The first kappa shape index (κ1) is 40.0. The predicted octanol–water partition coefficient (Wildman–Crippen LogP) is 10.4. The van der Waals surface area contributed by atoms with E-state index in [1.165, 1.54) is 16.0 Å². The molecule has 2 amide bonds.